The third-order valence-corrected chi connectivity index (χ3v) is 5.71. The number of ketones is 1. The van der Waals surface area contributed by atoms with E-state index in [1.165, 1.54) is 19.1 Å². The van der Waals surface area contributed by atoms with Crippen molar-refractivity contribution >= 4 is 22.7 Å². The van der Waals surface area contributed by atoms with Crippen LogP contribution < -0.4 is 9.47 Å². The number of furan rings is 1. The summed E-state index contributed by atoms with van der Waals surface area (Å²) in [7, 11) is 6.77. The number of likely N-dealkylation sites (N-methyl/N-ethyl adjacent to an activating group) is 1. The summed E-state index contributed by atoms with van der Waals surface area (Å²) in [5.41, 5.74) is 1.03. The minimum atomic E-state index is -0.872. The van der Waals surface area contributed by atoms with Crippen molar-refractivity contribution in [2.45, 2.75) is 6.04 Å². The Bertz CT molecular complexity index is 1210. The van der Waals surface area contributed by atoms with Crippen molar-refractivity contribution in [1.82, 2.24) is 9.80 Å². The minimum Gasteiger partial charge on any atom is -0.503 e. The van der Waals surface area contributed by atoms with Crippen LogP contribution >= 0.6 is 0 Å². The number of ether oxygens (including phenoxy) is 2. The van der Waals surface area contributed by atoms with Crippen molar-refractivity contribution in [2.75, 3.05) is 41.4 Å². The van der Waals surface area contributed by atoms with Crippen molar-refractivity contribution < 1.29 is 28.6 Å². The number of Topliss-reactive ketones (excluding diaryl/α,β-unsaturated/α-hetero) is 1. The Morgan fingerprint density at radius 3 is 2.55 bits per heavy atom. The molecule has 1 amide bonds. The molecule has 4 rings (SSSR count). The number of fused-ring (bicyclic) bond motifs is 1. The van der Waals surface area contributed by atoms with Crippen molar-refractivity contribution in [3.8, 4) is 11.5 Å². The molecular weight excluding hydrogens is 424 g/mol. The maximum absolute atomic E-state index is 13.6. The predicted octanol–water partition coefficient (Wildman–Crippen LogP) is 3.59. The van der Waals surface area contributed by atoms with Gasteiger partial charge in [-0.25, -0.2) is 0 Å². The number of carbonyl (C=O) groups is 2. The van der Waals surface area contributed by atoms with Crippen LogP contribution in [-0.4, -0.2) is 68.0 Å². The fraction of sp³-hybridized carbons (Fsp3) is 0.280. The highest BCUT2D eigenvalue weighted by Gasteiger charge is 2.45. The second-order valence-corrected chi connectivity index (χ2v) is 8.03. The second kappa shape index (κ2) is 8.99. The van der Waals surface area contributed by atoms with Crippen LogP contribution in [0.15, 0.2) is 64.3 Å². The molecule has 0 radical (unpaired) electrons. The molecule has 0 bridgehead atoms. The summed E-state index contributed by atoms with van der Waals surface area (Å²) in [5.74, 6) is -0.874. The molecular formula is C25H26N2O6. The van der Waals surface area contributed by atoms with Gasteiger partial charge in [-0.3, -0.25) is 9.59 Å². The molecule has 0 saturated carbocycles. The second-order valence-electron chi connectivity index (χ2n) is 8.03. The lowest BCUT2D eigenvalue weighted by Crippen LogP contribution is -2.36. The van der Waals surface area contributed by atoms with Gasteiger partial charge in [0.2, 0.25) is 5.78 Å². The number of rotatable bonds is 8. The highest BCUT2D eigenvalue weighted by molar-refractivity contribution is 6.16. The standard InChI is InChI=1S/C25H26N2O6/c1-26(2)12-13-27-21(16-9-7-11-18(31-3)24(16)32-4)20(23(29)25(27)30)22(28)19-14-15-8-5-6-10-17(15)33-19/h5-11,14,21,29H,12-13H2,1-4H3/t21-/m0/s1. The lowest BCUT2D eigenvalue weighted by atomic mass is 9.94. The molecule has 8 nitrogen and oxygen atoms in total. The van der Waals surface area contributed by atoms with Gasteiger partial charge < -0.3 is 28.8 Å². The zero-order valence-electron chi connectivity index (χ0n) is 19.0. The third-order valence-electron chi connectivity index (χ3n) is 5.71. The Hall–Kier alpha value is -3.78. The molecule has 172 valence electrons. The van der Waals surface area contributed by atoms with Crippen molar-refractivity contribution in [2.24, 2.45) is 0 Å². The van der Waals surface area contributed by atoms with E-state index in [-0.39, 0.29) is 17.9 Å². The Morgan fingerprint density at radius 1 is 1.12 bits per heavy atom. The van der Waals surface area contributed by atoms with Crippen LogP contribution in [0.3, 0.4) is 0 Å². The SMILES string of the molecule is COc1cccc([C@H]2C(C(=O)c3cc4ccccc4o3)=C(O)C(=O)N2CCN(C)C)c1OC. The number of nitrogens with zero attached hydrogens (tertiary/aromatic N) is 2. The molecule has 8 heteroatoms. The zero-order chi connectivity index (χ0) is 23.7. The zero-order valence-corrected chi connectivity index (χ0v) is 19.0. The van der Waals surface area contributed by atoms with Crippen molar-refractivity contribution in [1.29, 1.82) is 0 Å². The topological polar surface area (TPSA) is 92.5 Å². The molecule has 0 unspecified atom stereocenters. The maximum Gasteiger partial charge on any atom is 0.290 e. The quantitative estimate of drug-likeness (QED) is 0.524. The van der Waals surface area contributed by atoms with E-state index in [0.717, 1.165) is 5.39 Å². The first-order chi connectivity index (χ1) is 15.9. The van der Waals surface area contributed by atoms with E-state index in [1.807, 2.05) is 37.2 Å². The number of benzene rings is 2. The van der Waals surface area contributed by atoms with Gasteiger partial charge in [-0.15, -0.1) is 0 Å². The van der Waals surface area contributed by atoms with Crippen molar-refractivity contribution in [3.05, 3.63) is 71.2 Å². The molecule has 2 heterocycles. The molecule has 1 atom stereocenters. The Morgan fingerprint density at radius 2 is 1.88 bits per heavy atom. The van der Waals surface area contributed by atoms with Gasteiger partial charge in [0.05, 0.1) is 25.8 Å². The highest BCUT2D eigenvalue weighted by atomic mass is 16.5. The van der Waals surface area contributed by atoms with Crippen molar-refractivity contribution in [3.63, 3.8) is 0 Å². The summed E-state index contributed by atoms with van der Waals surface area (Å²) in [5, 5.41) is 11.6. The molecule has 0 spiro atoms. The summed E-state index contributed by atoms with van der Waals surface area (Å²) in [6, 6.07) is 13.2. The van der Waals surface area contributed by atoms with E-state index in [9.17, 15) is 14.7 Å². The van der Waals surface area contributed by atoms with Gasteiger partial charge in [0.15, 0.2) is 23.0 Å². The van der Waals surface area contributed by atoms with Gasteiger partial charge in [0.1, 0.15) is 5.58 Å². The number of amides is 1. The van der Waals surface area contributed by atoms with E-state index in [1.54, 1.807) is 30.3 Å². The lowest BCUT2D eigenvalue weighted by Gasteiger charge is -2.29. The molecule has 0 fully saturated rings. The fourth-order valence-electron chi connectivity index (χ4n) is 4.10. The number of methoxy groups -OCH3 is 2. The molecule has 1 N–H and O–H groups in total. The van der Waals surface area contributed by atoms with Gasteiger partial charge >= 0.3 is 0 Å². The smallest absolute Gasteiger partial charge is 0.290 e. The Kier molecular flexibility index (Phi) is 6.11. The van der Waals surface area contributed by atoms with Gasteiger partial charge in [-0.05, 0) is 32.3 Å². The molecule has 1 aliphatic rings. The van der Waals surface area contributed by atoms with Gasteiger partial charge in [-0.1, -0.05) is 30.3 Å². The minimum absolute atomic E-state index is 0.0480. The summed E-state index contributed by atoms with van der Waals surface area (Å²) in [6.45, 7) is 0.825. The summed E-state index contributed by atoms with van der Waals surface area (Å²) >= 11 is 0. The first kappa shape index (κ1) is 22.4. The monoisotopic (exact) mass is 450 g/mol. The van der Waals surface area contributed by atoms with Gasteiger partial charge in [0, 0.05) is 24.0 Å². The summed E-state index contributed by atoms with van der Waals surface area (Å²) < 4.78 is 16.8. The van der Waals surface area contributed by atoms with Crippen LogP contribution in [0.2, 0.25) is 0 Å². The number of para-hydroxylation sites is 2. The van der Waals surface area contributed by atoms with Crippen LogP contribution in [0.25, 0.3) is 11.0 Å². The molecule has 2 aromatic carbocycles. The van der Waals surface area contributed by atoms with Crippen LogP contribution in [0.1, 0.15) is 22.2 Å². The lowest BCUT2D eigenvalue weighted by molar-refractivity contribution is -0.129. The average Bonchev–Trinajstić information content (AvgIpc) is 3.36. The van der Waals surface area contributed by atoms with Crippen LogP contribution in [-0.2, 0) is 4.79 Å². The van der Waals surface area contributed by atoms with Gasteiger partial charge in [-0.2, -0.15) is 0 Å². The molecule has 33 heavy (non-hydrogen) atoms. The highest BCUT2D eigenvalue weighted by Crippen LogP contribution is 2.45. The maximum atomic E-state index is 13.6. The number of carbonyl (C=O) groups excluding carboxylic acids is 2. The fourth-order valence-corrected chi connectivity index (χ4v) is 4.10. The Balaban J connectivity index is 1.86. The van der Waals surface area contributed by atoms with E-state index in [0.29, 0.717) is 29.2 Å². The molecule has 1 aromatic heterocycles. The van der Waals surface area contributed by atoms with E-state index in [2.05, 4.69) is 0 Å². The number of aliphatic hydroxyl groups is 1. The van der Waals surface area contributed by atoms with Gasteiger partial charge in [0.25, 0.3) is 5.91 Å². The Labute approximate surface area is 191 Å². The molecule has 1 aliphatic heterocycles. The van der Waals surface area contributed by atoms with Crippen LogP contribution in [0.5, 0.6) is 11.5 Å². The number of hydrogen-bond acceptors (Lipinski definition) is 7. The average molecular weight is 450 g/mol. The predicted molar refractivity (Wildman–Crippen MR) is 123 cm³/mol. The summed E-state index contributed by atoms with van der Waals surface area (Å²) in [4.78, 5) is 30.1. The normalized spacial score (nSPS) is 16.2. The number of aliphatic hydroxyl groups excluding tert-OH is 1. The van der Waals surface area contributed by atoms with Crippen LogP contribution in [0.4, 0.5) is 0 Å². The molecule has 3 aromatic rings. The van der Waals surface area contributed by atoms with Crippen LogP contribution in [0, 0.1) is 0 Å². The first-order valence-corrected chi connectivity index (χ1v) is 10.5. The number of hydrogen-bond donors (Lipinski definition) is 1. The van der Waals surface area contributed by atoms with E-state index in [4.69, 9.17) is 13.9 Å². The molecule has 0 aliphatic carbocycles. The van der Waals surface area contributed by atoms with E-state index >= 15 is 0 Å². The largest absolute Gasteiger partial charge is 0.503 e. The van der Waals surface area contributed by atoms with E-state index < -0.39 is 23.5 Å². The third kappa shape index (κ3) is 3.93. The summed E-state index contributed by atoms with van der Waals surface area (Å²) in [6.07, 6.45) is 0. The first-order valence-electron chi connectivity index (χ1n) is 10.5. The molecule has 0 saturated heterocycles.